The monoisotopic (exact) mass is 133 g/mol. The Labute approximate surface area is 59.7 Å². The summed E-state index contributed by atoms with van der Waals surface area (Å²) in [6.45, 7) is 0.372. The molecule has 10 heavy (non-hydrogen) atoms. The molecule has 0 saturated heterocycles. The van der Waals surface area contributed by atoms with Gasteiger partial charge >= 0.3 is 0 Å². The van der Waals surface area contributed by atoms with Gasteiger partial charge in [-0.25, -0.2) is 0 Å². The van der Waals surface area contributed by atoms with Crippen LogP contribution in [0.25, 0.3) is 0 Å². The van der Waals surface area contributed by atoms with Gasteiger partial charge in [0.2, 0.25) is 0 Å². The predicted octanol–water partition coefficient (Wildman–Crippen LogP) is 1.68. The third-order valence-electron chi connectivity index (χ3n) is 1.15. The Hall–Kier alpha value is -1.49. The van der Waals surface area contributed by atoms with Crippen molar-refractivity contribution >= 4 is 0 Å². The molecule has 0 amide bonds. The number of hydrogen-bond donors (Lipinski definition) is 0. The Bertz CT molecular complexity index is 225. The van der Waals surface area contributed by atoms with Gasteiger partial charge < -0.3 is 4.74 Å². The van der Waals surface area contributed by atoms with E-state index in [-0.39, 0.29) is 0 Å². The van der Waals surface area contributed by atoms with Gasteiger partial charge in [-0.1, -0.05) is 30.3 Å². The van der Waals surface area contributed by atoms with E-state index in [0.29, 0.717) is 6.61 Å². The van der Waals surface area contributed by atoms with E-state index in [1.807, 2.05) is 30.3 Å². The van der Waals surface area contributed by atoms with Crippen LogP contribution in [0.15, 0.2) is 30.3 Å². The molecule has 0 atom stereocenters. The highest BCUT2D eigenvalue weighted by molar-refractivity contribution is 5.13. The first-order valence-corrected chi connectivity index (χ1v) is 2.98. The fourth-order valence-corrected chi connectivity index (χ4v) is 0.690. The van der Waals surface area contributed by atoms with Crippen LogP contribution in [0, 0.1) is 11.5 Å². The fourth-order valence-electron chi connectivity index (χ4n) is 0.690. The van der Waals surface area contributed by atoms with E-state index >= 15 is 0 Å². The molecule has 0 aliphatic heterocycles. The minimum Gasteiger partial charge on any atom is -0.423 e. The average molecular weight is 133 g/mol. The molecule has 1 aromatic carbocycles. The first-order valence-electron chi connectivity index (χ1n) is 2.98. The molecule has 0 heterocycles. The molecular weight excluding hydrogens is 126 g/mol. The van der Waals surface area contributed by atoms with Gasteiger partial charge in [0.15, 0.2) is 0 Å². The van der Waals surface area contributed by atoms with E-state index in [1.165, 1.54) is 0 Å². The lowest BCUT2D eigenvalue weighted by Gasteiger charge is -1.94. The quantitative estimate of drug-likeness (QED) is 0.575. The standard InChI is InChI=1S/C8H7NO/c9-7-10-6-8-4-2-1-3-5-8/h1-5H,6H2. The van der Waals surface area contributed by atoms with Crippen LogP contribution >= 0.6 is 0 Å². The van der Waals surface area contributed by atoms with Crippen molar-refractivity contribution in [2.75, 3.05) is 0 Å². The first kappa shape index (κ1) is 6.63. The van der Waals surface area contributed by atoms with Crippen molar-refractivity contribution < 1.29 is 4.74 Å². The maximum atomic E-state index is 8.06. The summed E-state index contributed by atoms with van der Waals surface area (Å²) in [6.07, 6.45) is 1.62. The van der Waals surface area contributed by atoms with Crippen molar-refractivity contribution in [3.63, 3.8) is 0 Å². The van der Waals surface area contributed by atoms with Crippen molar-refractivity contribution in [2.45, 2.75) is 6.61 Å². The van der Waals surface area contributed by atoms with Gasteiger partial charge in [-0.2, -0.15) is 5.26 Å². The second kappa shape index (κ2) is 3.52. The van der Waals surface area contributed by atoms with Crippen molar-refractivity contribution in [2.24, 2.45) is 0 Å². The number of ether oxygens (including phenoxy) is 1. The van der Waals surface area contributed by atoms with Gasteiger partial charge in [0, 0.05) is 0 Å². The number of benzene rings is 1. The molecule has 50 valence electrons. The highest BCUT2D eigenvalue weighted by Crippen LogP contribution is 1.98. The van der Waals surface area contributed by atoms with Crippen molar-refractivity contribution in [1.82, 2.24) is 0 Å². The van der Waals surface area contributed by atoms with E-state index in [0.717, 1.165) is 5.56 Å². The molecule has 0 bridgehead atoms. The molecule has 0 aliphatic carbocycles. The summed E-state index contributed by atoms with van der Waals surface area (Å²) in [4.78, 5) is 0. The van der Waals surface area contributed by atoms with Crippen LogP contribution in [0.2, 0.25) is 0 Å². The maximum absolute atomic E-state index is 8.06. The summed E-state index contributed by atoms with van der Waals surface area (Å²) in [5.74, 6) is 0. The molecule has 2 nitrogen and oxygen atoms in total. The molecule has 0 spiro atoms. The van der Waals surface area contributed by atoms with Crippen molar-refractivity contribution in [1.29, 1.82) is 5.26 Å². The van der Waals surface area contributed by atoms with Crippen LogP contribution in [0.5, 0.6) is 0 Å². The molecule has 2 heteroatoms. The van der Waals surface area contributed by atoms with Gasteiger partial charge in [-0.15, -0.1) is 0 Å². The van der Waals surface area contributed by atoms with Crippen LogP contribution in [-0.2, 0) is 11.3 Å². The predicted molar refractivity (Wildman–Crippen MR) is 36.8 cm³/mol. The largest absolute Gasteiger partial charge is 0.423 e. The molecule has 0 saturated carbocycles. The third kappa shape index (κ3) is 1.79. The van der Waals surface area contributed by atoms with Gasteiger partial charge in [-0.05, 0) is 5.56 Å². The SMILES string of the molecule is N#COCc1ccccc1. The van der Waals surface area contributed by atoms with Gasteiger partial charge in [0.1, 0.15) is 6.61 Å². The molecule has 0 aromatic heterocycles. The molecule has 1 aromatic rings. The van der Waals surface area contributed by atoms with E-state index in [1.54, 1.807) is 6.26 Å². The minimum absolute atomic E-state index is 0.372. The second-order valence-electron chi connectivity index (χ2n) is 1.87. The molecule has 0 aliphatic rings. The maximum Gasteiger partial charge on any atom is 0.286 e. The van der Waals surface area contributed by atoms with Crippen LogP contribution in [0.4, 0.5) is 0 Å². The lowest BCUT2D eigenvalue weighted by atomic mass is 10.2. The molecule has 1 rings (SSSR count). The number of rotatable bonds is 2. The van der Waals surface area contributed by atoms with Gasteiger partial charge in [0.25, 0.3) is 6.26 Å². The van der Waals surface area contributed by atoms with E-state index in [9.17, 15) is 0 Å². The Morgan fingerprint density at radius 1 is 1.30 bits per heavy atom. The summed E-state index contributed by atoms with van der Waals surface area (Å²) in [5.41, 5.74) is 1.02. The Kier molecular flexibility index (Phi) is 2.33. The van der Waals surface area contributed by atoms with Crippen molar-refractivity contribution in [3.05, 3.63) is 35.9 Å². The average Bonchev–Trinajstić information content (AvgIpc) is 2.03. The summed E-state index contributed by atoms with van der Waals surface area (Å²) in [7, 11) is 0. The zero-order valence-corrected chi connectivity index (χ0v) is 5.45. The molecule has 0 N–H and O–H groups in total. The molecular formula is C8H7NO. The second-order valence-corrected chi connectivity index (χ2v) is 1.87. The highest BCUT2D eigenvalue weighted by Gasteiger charge is 1.87. The number of nitrogens with zero attached hydrogens (tertiary/aromatic N) is 1. The third-order valence-corrected chi connectivity index (χ3v) is 1.15. The minimum atomic E-state index is 0.372. The zero-order chi connectivity index (χ0) is 7.23. The van der Waals surface area contributed by atoms with Crippen LogP contribution < -0.4 is 0 Å². The summed E-state index contributed by atoms with van der Waals surface area (Å²) in [5, 5.41) is 8.06. The topological polar surface area (TPSA) is 33.0 Å². The normalized spacial score (nSPS) is 8.30. The molecule has 0 fully saturated rings. The van der Waals surface area contributed by atoms with E-state index in [2.05, 4.69) is 4.74 Å². The lowest BCUT2D eigenvalue weighted by Crippen LogP contribution is -1.84. The fraction of sp³-hybridized carbons (Fsp3) is 0.125. The Morgan fingerprint density at radius 3 is 2.60 bits per heavy atom. The summed E-state index contributed by atoms with van der Waals surface area (Å²) < 4.78 is 4.53. The van der Waals surface area contributed by atoms with Gasteiger partial charge in [-0.3, -0.25) is 0 Å². The van der Waals surface area contributed by atoms with Gasteiger partial charge in [0.05, 0.1) is 0 Å². The molecule has 0 unspecified atom stereocenters. The zero-order valence-electron chi connectivity index (χ0n) is 5.45. The lowest BCUT2D eigenvalue weighted by molar-refractivity contribution is 0.257. The van der Waals surface area contributed by atoms with Crippen LogP contribution in [0.3, 0.4) is 0 Å². The Morgan fingerprint density at radius 2 is 2.00 bits per heavy atom. The first-order chi connectivity index (χ1) is 4.93. The molecule has 0 radical (unpaired) electrons. The summed E-state index contributed by atoms with van der Waals surface area (Å²) in [6, 6.07) is 9.58. The van der Waals surface area contributed by atoms with Crippen molar-refractivity contribution in [3.8, 4) is 6.26 Å². The van der Waals surface area contributed by atoms with E-state index < -0.39 is 0 Å². The Balaban J connectivity index is 2.52. The van der Waals surface area contributed by atoms with E-state index in [4.69, 9.17) is 5.26 Å². The smallest absolute Gasteiger partial charge is 0.286 e. The number of nitriles is 1. The van der Waals surface area contributed by atoms with Crippen LogP contribution in [0.1, 0.15) is 5.56 Å². The summed E-state index contributed by atoms with van der Waals surface area (Å²) >= 11 is 0. The van der Waals surface area contributed by atoms with Crippen LogP contribution in [-0.4, -0.2) is 0 Å². The number of hydrogen-bond acceptors (Lipinski definition) is 2. The highest BCUT2D eigenvalue weighted by atomic mass is 16.5.